The molecule has 1 N–H and O–H groups in total. The molecule has 1 aliphatic heterocycles. The second kappa shape index (κ2) is 7.76. The van der Waals surface area contributed by atoms with Gasteiger partial charge in [0.15, 0.2) is 11.6 Å². The Bertz CT molecular complexity index is 446. The molecular formula is C17H27FN2O. The van der Waals surface area contributed by atoms with Crippen molar-refractivity contribution in [1.29, 1.82) is 0 Å². The summed E-state index contributed by atoms with van der Waals surface area (Å²) in [4.78, 5) is 2.53. The highest BCUT2D eigenvalue weighted by Gasteiger charge is 2.16. The van der Waals surface area contributed by atoms with E-state index < -0.39 is 0 Å². The van der Waals surface area contributed by atoms with Gasteiger partial charge in [-0.1, -0.05) is 12.5 Å². The zero-order valence-electron chi connectivity index (χ0n) is 13.4. The fourth-order valence-corrected chi connectivity index (χ4v) is 3.05. The van der Waals surface area contributed by atoms with E-state index in [1.807, 2.05) is 6.07 Å². The molecule has 1 fully saturated rings. The number of rotatable bonds is 6. The van der Waals surface area contributed by atoms with Crippen LogP contribution in [-0.2, 0) is 0 Å². The van der Waals surface area contributed by atoms with E-state index in [9.17, 15) is 4.39 Å². The van der Waals surface area contributed by atoms with Gasteiger partial charge in [-0.15, -0.1) is 0 Å². The Morgan fingerprint density at radius 3 is 2.62 bits per heavy atom. The Morgan fingerprint density at radius 2 is 1.95 bits per heavy atom. The topological polar surface area (TPSA) is 24.5 Å². The molecule has 1 aromatic carbocycles. The van der Waals surface area contributed by atoms with E-state index >= 15 is 0 Å². The van der Waals surface area contributed by atoms with Gasteiger partial charge < -0.3 is 15.0 Å². The summed E-state index contributed by atoms with van der Waals surface area (Å²) in [5, 5.41) is 3.59. The minimum Gasteiger partial charge on any atom is -0.494 e. The predicted octanol–water partition coefficient (Wildman–Crippen LogP) is 3.36. The Balaban J connectivity index is 1.89. The average molecular weight is 294 g/mol. The van der Waals surface area contributed by atoms with Crippen LogP contribution < -0.4 is 10.1 Å². The van der Waals surface area contributed by atoms with Crippen LogP contribution >= 0.6 is 0 Å². The van der Waals surface area contributed by atoms with E-state index in [1.54, 1.807) is 6.07 Å². The van der Waals surface area contributed by atoms with Crippen molar-refractivity contribution in [3.8, 4) is 5.75 Å². The fourth-order valence-electron chi connectivity index (χ4n) is 3.05. The van der Waals surface area contributed by atoms with E-state index in [1.165, 1.54) is 45.5 Å². The molecule has 21 heavy (non-hydrogen) atoms. The minimum atomic E-state index is -0.310. The number of benzene rings is 1. The van der Waals surface area contributed by atoms with E-state index in [2.05, 4.69) is 24.1 Å². The molecular weight excluding hydrogens is 267 g/mol. The molecule has 0 aromatic heterocycles. The molecule has 2 unspecified atom stereocenters. The van der Waals surface area contributed by atoms with Gasteiger partial charge in [0.05, 0.1) is 7.11 Å². The molecule has 0 radical (unpaired) electrons. The number of hydrogen-bond acceptors (Lipinski definition) is 3. The van der Waals surface area contributed by atoms with Gasteiger partial charge in [0.1, 0.15) is 0 Å². The van der Waals surface area contributed by atoms with Crippen LogP contribution in [0.1, 0.15) is 44.7 Å². The summed E-state index contributed by atoms with van der Waals surface area (Å²) in [5.74, 6) is -0.000325. The Morgan fingerprint density at radius 1 is 1.24 bits per heavy atom. The van der Waals surface area contributed by atoms with Crippen LogP contribution in [0.15, 0.2) is 18.2 Å². The summed E-state index contributed by atoms with van der Waals surface area (Å²) in [6.45, 7) is 7.82. The maximum atomic E-state index is 13.5. The van der Waals surface area contributed by atoms with Crippen LogP contribution in [0.3, 0.4) is 0 Å². The molecule has 0 aliphatic carbocycles. The zero-order chi connectivity index (χ0) is 15.2. The molecule has 1 heterocycles. The normalized spacial score (nSPS) is 19.2. The van der Waals surface area contributed by atoms with Gasteiger partial charge in [0.25, 0.3) is 0 Å². The summed E-state index contributed by atoms with van der Waals surface area (Å²) in [6, 6.07) is 5.67. The maximum absolute atomic E-state index is 13.5. The molecule has 2 rings (SSSR count). The molecule has 1 aliphatic rings. The highest BCUT2D eigenvalue weighted by Crippen LogP contribution is 2.22. The average Bonchev–Trinajstić information content (AvgIpc) is 2.48. The van der Waals surface area contributed by atoms with Crippen molar-refractivity contribution < 1.29 is 9.13 Å². The largest absolute Gasteiger partial charge is 0.494 e. The summed E-state index contributed by atoms with van der Waals surface area (Å²) in [5.41, 5.74) is 1.05. The number of methoxy groups -OCH3 is 1. The third-order valence-electron chi connectivity index (χ3n) is 4.19. The summed E-state index contributed by atoms with van der Waals surface area (Å²) in [6.07, 6.45) is 4.00. The maximum Gasteiger partial charge on any atom is 0.165 e. The molecule has 0 amide bonds. The number of halogens is 1. The second-order valence-electron chi connectivity index (χ2n) is 6.04. The predicted molar refractivity (Wildman–Crippen MR) is 84.3 cm³/mol. The molecule has 1 saturated heterocycles. The van der Waals surface area contributed by atoms with Crippen molar-refractivity contribution >= 4 is 0 Å². The van der Waals surface area contributed by atoms with Crippen molar-refractivity contribution in [3.05, 3.63) is 29.6 Å². The molecule has 3 nitrogen and oxygen atoms in total. The molecule has 2 atom stereocenters. The number of nitrogens with zero attached hydrogens (tertiary/aromatic N) is 1. The van der Waals surface area contributed by atoms with Crippen LogP contribution in [0.25, 0.3) is 0 Å². The zero-order valence-corrected chi connectivity index (χ0v) is 13.4. The molecule has 1 aromatic rings. The molecule has 0 bridgehead atoms. The van der Waals surface area contributed by atoms with Gasteiger partial charge >= 0.3 is 0 Å². The quantitative estimate of drug-likeness (QED) is 0.870. The van der Waals surface area contributed by atoms with Crippen molar-refractivity contribution in [1.82, 2.24) is 10.2 Å². The Hall–Kier alpha value is -1.13. The monoisotopic (exact) mass is 294 g/mol. The number of piperidine rings is 1. The third kappa shape index (κ3) is 4.68. The van der Waals surface area contributed by atoms with Gasteiger partial charge in [0, 0.05) is 18.6 Å². The fraction of sp³-hybridized carbons (Fsp3) is 0.647. The molecule has 0 spiro atoms. The molecule has 4 heteroatoms. The van der Waals surface area contributed by atoms with E-state index in [-0.39, 0.29) is 11.9 Å². The van der Waals surface area contributed by atoms with Crippen molar-refractivity contribution in [3.63, 3.8) is 0 Å². The lowest BCUT2D eigenvalue weighted by atomic mass is 10.1. The van der Waals surface area contributed by atoms with Crippen LogP contribution in [0.4, 0.5) is 4.39 Å². The number of hydrogen-bond donors (Lipinski definition) is 1. The van der Waals surface area contributed by atoms with Crippen molar-refractivity contribution in [2.24, 2.45) is 0 Å². The van der Waals surface area contributed by atoms with Gasteiger partial charge in [-0.05, 0) is 57.5 Å². The lowest BCUT2D eigenvalue weighted by Crippen LogP contribution is -2.42. The number of ether oxygens (including phenoxy) is 1. The van der Waals surface area contributed by atoms with Crippen LogP contribution in [-0.4, -0.2) is 37.7 Å². The summed E-state index contributed by atoms with van der Waals surface area (Å²) < 4.78 is 18.5. The Labute approximate surface area is 127 Å². The van der Waals surface area contributed by atoms with Crippen molar-refractivity contribution in [2.45, 2.75) is 45.2 Å². The first kappa shape index (κ1) is 16.2. The number of nitrogens with one attached hydrogen (secondary N) is 1. The second-order valence-corrected chi connectivity index (χ2v) is 6.04. The van der Waals surface area contributed by atoms with Gasteiger partial charge in [-0.2, -0.15) is 0 Å². The van der Waals surface area contributed by atoms with E-state index in [0.29, 0.717) is 11.8 Å². The first-order valence-electron chi connectivity index (χ1n) is 7.92. The van der Waals surface area contributed by atoms with Crippen LogP contribution in [0.2, 0.25) is 0 Å². The van der Waals surface area contributed by atoms with E-state index in [0.717, 1.165) is 12.1 Å². The van der Waals surface area contributed by atoms with E-state index in [4.69, 9.17) is 4.74 Å². The van der Waals surface area contributed by atoms with Crippen molar-refractivity contribution in [2.75, 3.05) is 26.7 Å². The lowest BCUT2D eigenvalue weighted by Gasteiger charge is -2.30. The van der Waals surface area contributed by atoms with Crippen LogP contribution in [0.5, 0.6) is 5.75 Å². The third-order valence-corrected chi connectivity index (χ3v) is 4.19. The number of likely N-dealkylation sites (tertiary alicyclic amines) is 1. The SMILES string of the molecule is COc1cc(C(C)NC(C)CN2CCCCC2)ccc1F. The lowest BCUT2D eigenvalue weighted by molar-refractivity contribution is 0.205. The minimum absolute atomic E-state index is 0.180. The van der Waals surface area contributed by atoms with Gasteiger partial charge in [0.2, 0.25) is 0 Å². The molecule has 0 saturated carbocycles. The van der Waals surface area contributed by atoms with Gasteiger partial charge in [-0.3, -0.25) is 0 Å². The standard InChI is InChI=1S/C17H27FN2O/c1-13(12-20-9-5-4-6-10-20)19-14(2)15-7-8-16(18)17(11-15)21-3/h7-8,11,13-14,19H,4-6,9-10,12H2,1-3H3. The smallest absolute Gasteiger partial charge is 0.165 e. The highest BCUT2D eigenvalue weighted by atomic mass is 19.1. The first-order valence-corrected chi connectivity index (χ1v) is 7.92. The molecule has 118 valence electrons. The first-order chi connectivity index (χ1) is 10.1. The van der Waals surface area contributed by atoms with Crippen LogP contribution in [0, 0.1) is 5.82 Å². The summed E-state index contributed by atoms with van der Waals surface area (Å²) in [7, 11) is 1.50. The van der Waals surface area contributed by atoms with Gasteiger partial charge in [-0.25, -0.2) is 4.39 Å². The Kier molecular flexibility index (Phi) is 6.00. The summed E-state index contributed by atoms with van der Waals surface area (Å²) >= 11 is 0. The highest BCUT2D eigenvalue weighted by molar-refractivity contribution is 5.31.